The van der Waals surface area contributed by atoms with Gasteiger partial charge in [-0.1, -0.05) is 0 Å². The summed E-state index contributed by atoms with van der Waals surface area (Å²) in [7, 11) is -3.41. The van der Waals surface area contributed by atoms with Crippen LogP contribution in [0.15, 0.2) is 34.1 Å². The molecular formula is C17H23NO2S2. The summed E-state index contributed by atoms with van der Waals surface area (Å²) < 4.78 is 28.7. The van der Waals surface area contributed by atoms with E-state index in [1.807, 2.05) is 18.4 Å². The quantitative estimate of drug-likeness (QED) is 0.853. The standard InChI is InChI=1S/C17H23NO2S2/c1-21-15-2-4-16(5-3-15)22(19,20)18-17-9-12-6-13(10-17)8-14(7-12)11-17/h2-5,12-14,18H,6-11H2,1H3. The Bertz CT molecular complexity index is 631. The monoisotopic (exact) mass is 337 g/mol. The van der Waals surface area contributed by atoms with Crippen LogP contribution in [0.5, 0.6) is 0 Å². The molecule has 0 aliphatic heterocycles. The number of rotatable bonds is 4. The van der Waals surface area contributed by atoms with Gasteiger partial charge in [-0.15, -0.1) is 11.8 Å². The van der Waals surface area contributed by atoms with E-state index in [1.54, 1.807) is 23.9 Å². The lowest BCUT2D eigenvalue weighted by Crippen LogP contribution is -2.59. The first kappa shape index (κ1) is 15.0. The minimum atomic E-state index is -3.41. The van der Waals surface area contributed by atoms with Crippen LogP contribution in [0.1, 0.15) is 38.5 Å². The molecule has 0 saturated heterocycles. The highest BCUT2D eigenvalue weighted by molar-refractivity contribution is 7.98. The Balaban J connectivity index is 1.59. The number of sulfonamides is 1. The van der Waals surface area contributed by atoms with E-state index in [1.165, 1.54) is 19.3 Å². The van der Waals surface area contributed by atoms with Gasteiger partial charge in [0.1, 0.15) is 0 Å². The Morgan fingerprint density at radius 1 is 1.00 bits per heavy atom. The van der Waals surface area contributed by atoms with Gasteiger partial charge in [0.2, 0.25) is 10.0 Å². The summed E-state index contributed by atoms with van der Waals surface area (Å²) >= 11 is 1.63. The molecule has 1 aromatic carbocycles. The maximum absolute atomic E-state index is 12.8. The number of thioether (sulfide) groups is 1. The summed E-state index contributed by atoms with van der Waals surface area (Å²) in [6.07, 6.45) is 9.09. The average molecular weight is 338 g/mol. The van der Waals surface area contributed by atoms with Crippen molar-refractivity contribution in [2.75, 3.05) is 6.26 Å². The second kappa shape index (κ2) is 5.25. The van der Waals surface area contributed by atoms with E-state index < -0.39 is 10.0 Å². The van der Waals surface area contributed by atoms with Crippen LogP contribution in [0.4, 0.5) is 0 Å². The number of hydrogen-bond acceptors (Lipinski definition) is 3. The summed E-state index contributed by atoms with van der Waals surface area (Å²) in [6.45, 7) is 0. The van der Waals surface area contributed by atoms with Crippen LogP contribution in [0.25, 0.3) is 0 Å². The Labute approximate surface area is 137 Å². The van der Waals surface area contributed by atoms with Gasteiger partial charge >= 0.3 is 0 Å². The van der Waals surface area contributed by atoms with Crippen LogP contribution in [-0.2, 0) is 10.0 Å². The van der Waals surface area contributed by atoms with E-state index in [-0.39, 0.29) is 5.54 Å². The van der Waals surface area contributed by atoms with Crippen molar-refractivity contribution in [3.8, 4) is 0 Å². The molecule has 0 unspecified atom stereocenters. The summed E-state index contributed by atoms with van der Waals surface area (Å²) in [5, 5.41) is 0. The molecular weight excluding hydrogens is 314 g/mol. The first-order chi connectivity index (χ1) is 10.5. The molecule has 1 aromatic rings. The highest BCUT2D eigenvalue weighted by Gasteiger charge is 2.52. The van der Waals surface area contributed by atoms with Gasteiger partial charge in [0.25, 0.3) is 0 Å². The fourth-order valence-corrected chi connectivity index (χ4v) is 7.18. The van der Waals surface area contributed by atoms with Gasteiger partial charge in [0.15, 0.2) is 0 Å². The zero-order valence-electron chi connectivity index (χ0n) is 12.9. The SMILES string of the molecule is CSc1ccc(S(=O)(=O)NC23CC4CC(CC(C4)C2)C3)cc1. The van der Waals surface area contributed by atoms with Gasteiger partial charge in [-0.3, -0.25) is 0 Å². The average Bonchev–Trinajstić information content (AvgIpc) is 2.44. The fourth-order valence-electron chi connectivity index (χ4n) is 5.33. The molecule has 120 valence electrons. The Morgan fingerprint density at radius 3 is 1.95 bits per heavy atom. The Kier molecular flexibility index (Phi) is 3.59. The lowest BCUT2D eigenvalue weighted by Gasteiger charge is -2.56. The van der Waals surface area contributed by atoms with E-state index >= 15 is 0 Å². The molecule has 4 fully saturated rings. The van der Waals surface area contributed by atoms with E-state index in [2.05, 4.69) is 4.72 Å². The first-order valence-electron chi connectivity index (χ1n) is 8.16. The summed E-state index contributed by atoms with van der Waals surface area (Å²) in [4.78, 5) is 1.50. The number of hydrogen-bond donors (Lipinski definition) is 1. The van der Waals surface area contributed by atoms with Crippen molar-refractivity contribution in [2.45, 2.75) is 53.9 Å². The second-order valence-electron chi connectivity index (χ2n) is 7.48. The Morgan fingerprint density at radius 2 is 1.50 bits per heavy atom. The predicted octanol–water partition coefficient (Wildman–Crippen LogP) is 3.66. The van der Waals surface area contributed by atoms with Crippen molar-refractivity contribution in [2.24, 2.45) is 17.8 Å². The summed E-state index contributed by atoms with van der Waals surface area (Å²) in [5.74, 6) is 2.23. The molecule has 0 aromatic heterocycles. The maximum Gasteiger partial charge on any atom is 0.241 e. The molecule has 0 amide bonds. The highest BCUT2D eigenvalue weighted by atomic mass is 32.2. The molecule has 5 heteroatoms. The molecule has 4 aliphatic rings. The largest absolute Gasteiger partial charge is 0.241 e. The van der Waals surface area contributed by atoms with Crippen LogP contribution < -0.4 is 4.72 Å². The third-order valence-electron chi connectivity index (χ3n) is 5.76. The fraction of sp³-hybridized carbons (Fsp3) is 0.647. The van der Waals surface area contributed by atoms with E-state index in [4.69, 9.17) is 0 Å². The molecule has 0 heterocycles. The van der Waals surface area contributed by atoms with Crippen molar-refractivity contribution < 1.29 is 8.42 Å². The van der Waals surface area contributed by atoms with Crippen LogP contribution in [0.3, 0.4) is 0 Å². The van der Waals surface area contributed by atoms with Crippen molar-refractivity contribution in [3.63, 3.8) is 0 Å². The Hall–Kier alpha value is -0.520. The molecule has 4 aliphatic carbocycles. The van der Waals surface area contributed by atoms with Crippen molar-refractivity contribution in [1.29, 1.82) is 0 Å². The molecule has 0 radical (unpaired) electrons. The minimum absolute atomic E-state index is 0.161. The van der Waals surface area contributed by atoms with Gasteiger partial charge in [0, 0.05) is 10.4 Å². The third-order valence-corrected chi connectivity index (χ3v) is 8.10. The van der Waals surface area contributed by atoms with Crippen LogP contribution in [-0.4, -0.2) is 20.2 Å². The van der Waals surface area contributed by atoms with Gasteiger partial charge in [-0.25, -0.2) is 13.1 Å². The van der Waals surface area contributed by atoms with Crippen molar-refractivity contribution in [1.82, 2.24) is 4.72 Å². The summed E-state index contributed by atoms with van der Waals surface area (Å²) in [6, 6.07) is 7.24. The summed E-state index contributed by atoms with van der Waals surface area (Å²) in [5.41, 5.74) is -0.161. The van der Waals surface area contributed by atoms with Gasteiger partial charge in [0.05, 0.1) is 4.90 Å². The molecule has 4 saturated carbocycles. The first-order valence-corrected chi connectivity index (χ1v) is 10.9. The van der Waals surface area contributed by atoms with Gasteiger partial charge in [-0.2, -0.15) is 0 Å². The van der Waals surface area contributed by atoms with Crippen molar-refractivity contribution in [3.05, 3.63) is 24.3 Å². The van der Waals surface area contributed by atoms with E-state index in [9.17, 15) is 8.42 Å². The molecule has 0 spiro atoms. The minimum Gasteiger partial charge on any atom is -0.207 e. The molecule has 5 rings (SSSR count). The third kappa shape index (κ3) is 2.61. The van der Waals surface area contributed by atoms with Crippen LogP contribution >= 0.6 is 11.8 Å². The maximum atomic E-state index is 12.8. The normalized spacial score (nSPS) is 36.7. The molecule has 22 heavy (non-hydrogen) atoms. The molecule has 1 N–H and O–H groups in total. The lowest BCUT2D eigenvalue weighted by molar-refractivity contribution is -0.00810. The molecule has 0 atom stereocenters. The van der Waals surface area contributed by atoms with E-state index in [0.717, 1.165) is 41.9 Å². The predicted molar refractivity (Wildman–Crippen MR) is 89.4 cm³/mol. The number of nitrogens with one attached hydrogen (secondary N) is 1. The smallest absolute Gasteiger partial charge is 0.207 e. The highest BCUT2D eigenvalue weighted by Crippen LogP contribution is 2.55. The van der Waals surface area contributed by atoms with Crippen molar-refractivity contribution >= 4 is 21.8 Å². The zero-order valence-corrected chi connectivity index (χ0v) is 14.6. The zero-order chi connectivity index (χ0) is 15.4. The lowest BCUT2D eigenvalue weighted by atomic mass is 9.53. The number of benzene rings is 1. The molecule has 4 bridgehead atoms. The van der Waals surface area contributed by atoms with E-state index in [0.29, 0.717) is 4.90 Å². The topological polar surface area (TPSA) is 46.2 Å². The van der Waals surface area contributed by atoms with Crippen LogP contribution in [0.2, 0.25) is 0 Å². The van der Waals surface area contributed by atoms with Crippen LogP contribution in [0, 0.1) is 17.8 Å². The molecule has 3 nitrogen and oxygen atoms in total. The van der Waals surface area contributed by atoms with Gasteiger partial charge in [-0.05, 0) is 86.8 Å². The van der Waals surface area contributed by atoms with Gasteiger partial charge < -0.3 is 0 Å². The second-order valence-corrected chi connectivity index (χ2v) is 10.0.